The van der Waals surface area contributed by atoms with Gasteiger partial charge in [0.1, 0.15) is 0 Å². The van der Waals surface area contributed by atoms with Crippen LogP contribution in [0.5, 0.6) is 5.75 Å². The summed E-state index contributed by atoms with van der Waals surface area (Å²) < 4.78 is 44.1. The first-order valence-electron chi connectivity index (χ1n) is 5.71. The molecule has 9 heteroatoms. The van der Waals surface area contributed by atoms with E-state index in [9.17, 15) is 17.6 Å². The lowest BCUT2D eigenvalue weighted by molar-refractivity contribution is -0.119. The van der Waals surface area contributed by atoms with Crippen LogP contribution in [0.4, 0.5) is 10.1 Å². The number of sulfonamides is 1. The molecule has 1 amide bonds. The number of hydrogen-bond donors (Lipinski definition) is 3. The van der Waals surface area contributed by atoms with Crippen molar-refractivity contribution in [3.63, 3.8) is 0 Å². The lowest BCUT2D eigenvalue weighted by Gasteiger charge is -2.10. The molecule has 0 bridgehead atoms. The lowest BCUT2D eigenvalue weighted by atomic mass is 10.3. The van der Waals surface area contributed by atoms with Gasteiger partial charge in [0.15, 0.2) is 11.6 Å². The molecule has 7 nitrogen and oxygen atoms in total. The average molecular weight is 305 g/mol. The van der Waals surface area contributed by atoms with E-state index in [-0.39, 0.29) is 16.3 Å². The third-order valence-corrected chi connectivity index (χ3v) is 3.74. The monoisotopic (exact) mass is 305 g/mol. The molecule has 0 spiro atoms. The van der Waals surface area contributed by atoms with Crippen LogP contribution in [0.2, 0.25) is 0 Å². The van der Waals surface area contributed by atoms with E-state index >= 15 is 0 Å². The molecular formula is C11H16FN3O4S. The second-order valence-electron chi connectivity index (χ2n) is 3.81. The standard InChI is InChI=1S/C11H16FN3O4S/c1-3-14-10(16)6-15-20(17,18)7-4-8(12)11(19-2)9(13)5-7/h4-5,15H,3,6,13H2,1-2H3,(H,14,16). The quantitative estimate of drug-likeness (QED) is 0.632. The first-order chi connectivity index (χ1) is 9.31. The van der Waals surface area contributed by atoms with E-state index in [4.69, 9.17) is 10.5 Å². The minimum absolute atomic E-state index is 0.147. The normalized spacial score (nSPS) is 11.2. The van der Waals surface area contributed by atoms with E-state index in [1.807, 2.05) is 4.72 Å². The molecule has 1 aromatic carbocycles. The highest BCUT2D eigenvalue weighted by atomic mass is 32.2. The summed E-state index contributed by atoms with van der Waals surface area (Å²) in [5.74, 6) is -1.61. The van der Waals surface area contributed by atoms with Crippen molar-refractivity contribution in [1.82, 2.24) is 10.0 Å². The molecule has 112 valence electrons. The predicted octanol–water partition coefficient (Wildman–Crippen LogP) is -0.169. The summed E-state index contributed by atoms with van der Waals surface area (Å²) in [4.78, 5) is 10.8. The van der Waals surface area contributed by atoms with Crippen molar-refractivity contribution in [2.24, 2.45) is 0 Å². The highest BCUT2D eigenvalue weighted by molar-refractivity contribution is 7.89. The Hall–Kier alpha value is -1.87. The molecular weight excluding hydrogens is 289 g/mol. The molecule has 0 fully saturated rings. The number of rotatable bonds is 6. The van der Waals surface area contributed by atoms with E-state index in [0.29, 0.717) is 6.54 Å². The Bertz CT molecular complexity index is 581. The number of ether oxygens (including phenoxy) is 1. The average Bonchev–Trinajstić information content (AvgIpc) is 2.36. The number of nitrogens with two attached hydrogens (primary N) is 1. The fourth-order valence-electron chi connectivity index (χ4n) is 1.46. The zero-order valence-electron chi connectivity index (χ0n) is 11.1. The van der Waals surface area contributed by atoms with Crippen molar-refractivity contribution in [2.75, 3.05) is 25.9 Å². The number of amides is 1. The van der Waals surface area contributed by atoms with Gasteiger partial charge < -0.3 is 15.8 Å². The highest BCUT2D eigenvalue weighted by Gasteiger charge is 2.19. The van der Waals surface area contributed by atoms with Crippen LogP contribution < -0.4 is 20.5 Å². The van der Waals surface area contributed by atoms with Gasteiger partial charge in [-0.3, -0.25) is 4.79 Å². The van der Waals surface area contributed by atoms with Crippen LogP contribution in [0.1, 0.15) is 6.92 Å². The summed E-state index contributed by atoms with van der Waals surface area (Å²) >= 11 is 0. The first-order valence-corrected chi connectivity index (χ1v) is 7.19. The lowest BCUT2D eigenvalue weighted by Crippen LogP contribution is -2.36. The summed E-state index contributed by atoms with van der Waals surface area (Å²) in [5.41, 5.74) is 5.35. The van der Waals surface area contributed by atoms with Gasteiger partial charge in [-0.05, 0) is 19.1 Å². The molecule has 0 aliphatic rings. The fourth-order valence-corrected chi connectivity index (χ4v) is 2.49. The van der Waals surface area contributed by atoms with E-state index in [1.54, 1.807) is 6.92 Å². The summed E-state index contributed by atoms with van der Waals surface area (Å²) in [7, 11) is -2.81. The number of benzene rings is 1. The van der Waals surface area contributed by atoms with Crippen molar-refractivity contribution < 1.29 is 22.3 Å². The topological polar surface area (TPSA) is 111 Å². The van der Waals surface area contributed by atoms with Gasteiger partial charge in [0.25, 0.3) is 0 Å². The van der Waals surface area contributed by atoms with Crippen molar-refractivity contribution in [3.8, 4) is 5.75 Å². The van der Waals surface area contributed by atoms with E-state index in [1.165, 1.54) is 7.11 Å². The second kappa shape index (κ2) is 6.53. The molecule has 0 aromatic heterocycles. The molecule has 20 heavy (non-hydrogen) atoms. The molecule has 0 unspecified atom stereocenters. The maximum Gasteiger partial charge on any atom is 0.241 e. The Labute approximate surface area is 116 Å². The van der Waals surface area contributed by atoms with Crippen LogP contribution in [0, 0.1) is 5.82 Å². The van der Waals surface area contributed by atoms with Crippen LogP contribution in [0.15, 0.2) is 17.0 Å². The number of hydrogen-bond acceptors (Lipinski definition) is 5. The zero-order chi connectivity index (χ0) is 15.3. The molecule has 0 heterocycles. The number of likely N-dealkylation sites (N-methyl/N-ethyl adjacent to an activating group) is 1. The Morgan fingerprint density at radius 1 is 1.45 bits per heavy atom. The van der Waals surface area contributed by atoms with Crippen molar-refractivity contribution in [2.45, 2.75) is 11.8 Å². The Morgan fingerprint density at radius 3 is 2.60 bits per heavy atom. The second-order valence-corrected chi connectivity index (χ2v) is 5.57. The summed E-state index contributed by atoms with van der Waals surface area (Å²) in [6, 6.07) is 1.83. The summed E-state index contributed by atoms with van der Waals surface area (Å²) in [6.07, 6.45) is 0. The van der Waals surface area contributed by atoms with E-state index < -0.39 is 28.3 Å². The van der Waals surface area contributed by atoms with Crippen LogP contribution in [0.3, 0.4) is 0 Å². The number of methoxy groups -OCH3 is 1. The van der Waals surface area contributed by atoms with Gasteiger partial charge >= 0.3 is 0 Å². The van der Waals surface area contributed by atoms with Gasteiger partial charge in [0, 0.05) is 6.54 Å². The maximum atomic E-state index is 13.6. The predicted molar refractivity (Wildman–Crippen MR) is 71.2 cm³/mol. The number of anilines is 1. The molecule has 1 rings (SSSR count). The number of nitrogens with one attached hydrogen (secondary N) is 2. The number of carbonyl (C=O) groups is 1. The van der Waals surface area contributed by atoms with Crippen molar-refractivity contribution in [1.29, 1.82) is 0 Å². The summed E-state index contributed by atoms with van der Waals surface area (Å²) in [5, 5.41) is 2.43. The number of carbonyl (C=O) groups excluding carboxylic acids is 1. The summed E-state index contributed by atoms with van der Waals surface area (Å²) in [6.45, 7) is 1.64. The molecule has 0 aliphatic heterocycles. The van der Waals surface area contributed by atoms with Gasteiger partial charge in [-0.1, -0.05) is 0 Å². The first kappa shape index (κ1) is 16.2. The molecule has 0 atom stereocenters. The van der Waals surface area contributed by atoms with Crippen molar-refractivity contribution >= 4 is 21.6 Å². The van der Waals surface area contributed by atoms with Crippen molar-refractivity contribution in [3.05, 3.63) is 17.9 Å². The van der Waals surface area contributed by atoms with Crippen LogP contribution in [-0.2, 0) is 14.8 Å². The molecule has 4 N–H and O–H groups in total. The van der Waals surface area contributed by atoms with Gasteiger partial charge in [0.2, 0.25) is 15.9 Å². The largest absolute Gasteiger partial charge is 0.492 e. The SMILES string of the molecule is CCNC(=O)CNS(=O)(=O)c1cc(N)c(OC)c(F)c1. The van der Waals surface area contributed by atoms with E-state index in [2.05, 4.69) is 5.32 Å². The highest BCUT2D eigenvalue weighted by Crippen LogP contribution is 2.28. The van der Waals surface area contributed by atoms with Gasteiger partial charge in [0.05, 0.1) is 24.2 Å². The number of nitrogen functional groups attached to an aromatic ring is 1. The molecule has 0 radical (unpaired) electrons. The fraction of sp³-hybridized carbons (Fsp3) is 0.364. The number of halogens is 1. The molecule has 0 aliphatic carbocycles. The maximum absolute atomic E-state index is 13.6. The Morgan fingerprint density at radius 2 is 2.10 bits per heavy atom. The van der Waals surface area contributed by atoms with Gasteiger partial charge in [-0.25, -0.2) is 17.5 Å². The minimum atomic E-state index is -4.03. The minimum Gasteiger partial charge on any atom is -0.492 e. The van der Waals surface area contributed by atoms with Crippen LogP contribution in [-0.4, -0.2) is 34.5 Å². The van der Waals surface area contributed by atoms with Crippen LogP contribution >= 0.6 is 0 Å². The van der Waals surface area contributed by atoms with Gasteiger partial charge in [-0.2, -0.15) is 0 Å². The van der Waals surface area contributed by atoms with Crippen LogP contribution in [0.25, 0.3) is 0 Å². The molecule has 0 saturated carbocycles. The molecule has 1 aromatic rings. The smallest absolute Gasteiger partial charge is 0.241 e. The van der Waals surface area contributed by atoms with Gasteiger partial charge in [-0.15, -0.1) is 0 Å². The Kier molecular flexibility index (Phi) is 5.28. The zero-order valence-corrected chi connectivity index (χ0v) is 11.9. The third-order valence-electron chi connectivity index (χ3n) is 2.36. The van der Waals surface area contributed by atoms with E-state index in [0.717, 1.165) is 12.1 Å². The molecule has 0 saturated heterocycles. The third kappa shape index (κ3) is 3.81. The Balaban J connectivity index is 2.96.